The first kappa shape index (κ1) is 28.1. The van der Waals surface area contributed by atoms with Crippen molar-refractivity contribution in [2.45, 2.75) is 45.2 Å². The van der Waals surface area contributed by atoms with E-state index in [1.54, 1.807) is 0 Å². The van der Waals surface area contributed by atoms with Gasteiger partial charge in [0, 0.05) is 84.4 Å². The Morgan fingerprint density at radius 3 is 2.81 bits per heavy atom. The molecule has 4 aliphatic rings. The minimum Gasteiger partial charge on any atom is -0.508 e. The van der Waals surface area contributed by atoms with E-state index in [1.807, 2.05) is 24.3 Å². The number of rotatable bonds is 8. The maximum atomic E-state index is 10.6. The van der Waals surface area contributed by atoms with Crippen LogP contribution in [0.4, 0.5) is 11.5 Å². The van der Waals surface area contributed by atoms with E-state index in [1.165, 1.54) is 18.4 Å². The van der Waals surface area contributed by atoms with E-state index in [-0.39, 0.29) is 11.2 Å². The Labute approximate surface area is 256 Å². The SMILES string of the molecule is CC[C@H]1CNCCN1c1nc(OCC2(CN3CCOCC3)CC2)nc2c1CCN(c1cc(O)cc3cccc(Br)c13)C2. The van der Waals surface area contributed by atoms with Crippen LogP contribution in [-0.2, 0) is 17.7 Å². The van der Waals surface area contributed by atoms with Gasteiger partial charge < -0.3 is 29.7 Å². The molecule has 2 N–H and O–H groups in total. The van der Waals surface area contributed by atoms with Gasteiger partial charge in [-0.2, -0.15) is 9.97 Å². The third-order valence-corrected chi connectivity index (χ3v) is 10.1. The molecule has 224 valence electrons. The van der Waals surface area contributed by atoms with Crippen molar-refractivity contribution in [2.24, 2.45) is 5.41 Å². The summed E-state index contributed by atoms with van der Waals surface area (Å²) in [6, 6.07) is 10.7. The minimum absolute atomic E-state index is 0.191. The van der Waals surface area contributed by atoms with Crippen LogP contribution in [0.3, 0.4) is 0 Å². The van der Waals surface area contributed by atoms with Gasteiger partial charge in [0.1, 0.15) is 11.6 Å². The van der Waals surface area contributed by atoms with E-state index in [4.69, 9.17) is 19.4 Å². The van der Waals surface area contributed by atoms with Crippen molar-refractivity contribution < 1.29 is 14.6 Å². The molecule has 0 radical (unpaired) electrons. The van der Waals surface area contributed by atoms with Crippen LogP contribution in [0.1, 0.15) is 37.4 Å². The van der Waals surface area contributed by atoms with Crippen LogP contribution in [0.25, 0.3) is 10.8 Å². The summed E-state index contributed by atoms with van der Waals surface area (Å²) >= 11 is 3.76. The van der Waals surface area contributed by atoms with Crippen LogP contribution in [0, 0.1) is 5.41 Å². The molecule has 3 aromatic rings. The number of halogens is 1. The average molecular weight is 638 g/mol. The topological polar surface area (TPSA) is 86.2 Å². The summed E-state index contributed by atoms with van der Waals surface area (Å²) in [5, 5.41) is 16.3. The lowest BCUT2D eigenvalue weighted by molar-refractivity contribution is 0.0231. The zero-order valence-corrected chi connectivity index (χ0v) is 26.0. The third kappa shape index (κ3) is 5.66. The molecule has 9 nitrogen and oxygen atoms in total. The van der Waals surface area contributed by atoms with E-state index in [0.29, 0.717) is 25.2 Å². The number of aromatic nitrogens is 2. The highest BCUT2D eigenvalue weighted by molar-refractivity contribution is 9.10. The molecule has 1 aromatic heterocycles. The Bertz CT molecular complexity index is 1440. The standard InChI is InChI=1S/C32H41BrN6O3/c1-2-23-18-34-9-11-39(23)30-25-6-10-38(28-17-24(40)16-22-4-3-5-26(33)29(22)28)19-27(25)35-31(36-30)42-21-32(7-8-32)20-37-12-14-41-15-13-37/h3-5,16-17,23,34,40H,2,6-15,18-21H2,1H3/t23-/m0/s1. The molecule has 1 atom stereocenters. The summed E-state index contributed by atoms with van der Waals surface area (Å²) in [5.41, 5.74) is 3.46. The number of phenols is 1. The highest BCUT2D eigenvalue weighted by Gasteiger charge is 2.45. The number of hydrogen-bond donors (Lipinski definition) is 2. The van der Waals surface area contributed by atoms with Crippen molar-refractivity contribution in [3.05, 3.63) is 46.1 Å². The van der Waals surface area contributed by atoms with Crippen molar-refractivity contribution in [2.75, 3.05) is 75.4 Å². The molecule has 0 bridgehead atoms. The number of nitrogens with one attached hydrogen (secondary N) is 1. The summed E-state index contributed by atoms with van der Waals surface area (Å²) in [4.78, 5) is 17.5. The van der Waals surface area contributed by atoms with Crippen LogP contribution in [0.15, 0.2) is 34.8 Å². The summed E-state index contributed by atoms with van der Waals surface area (Å²) in [6.07, 6.45) is 4.27. The Morgan fingerprint density at radius 2 is 2.00 bits per heavy atom. The Hall–Kier alpha value is -2.66. The number of nitrogens with zero attached hydrogens (tertiary/aromatic N) is 5. The number of phenolic OH excluding ortho intramolecular Hbond substituents is 1. The normalized spacial score (nSPS) is 22.3. The van der Waals surface area contributed by atoms with Gasteiger partial charge in [0.05, 0.1) is 32.1 Å². The highest BCUT2D eigenvalue weighted by atomic mass is 79.9. The predicted octanol–water partition coefficient (Wildman–Crippen LogP) is 4.34. The van der Waals surface area contributed by atoms with Gasteiger partial charge in [-0.3, -0.25) is 4.90 Å². The lowest BCUT2D eigenvalue weighted by Crippen LogP contribution is -2.52. The fourth-order valence-electron chi connectivity index (χ4n) is 6.87. The van der Waals surface area contributed by atoms with Gasteiger partial charge in [-0.05, 0) is 43.2 Å². The van der Waals surface area contributed by atoms with Gasteiger partial charge in [0.15, 0.2) is 0 Å². The molecule has 0 unspecified atom stereocenters. The molecule has 3 aliphatic heterocycles. The number of ether oxygens (including phenoxy) is 2. The zero-order valence-electron chi connectivity index (χ0n) is 24.4. The summed E-state index contributed by atoms with van der Waals surface area (Å²) in [5.74, 6) is 1.32. The molecule has 1 aliphatic carbocycles. The van der Waals surface area contributed by atoms with Gasteiger partial charge in [-0.15, -0.1) is 0 Å². The molecule has 3 fully saturated rings. The average Bonchev–Trinajstić information content (AvgIpc) is 3.78. The molecular formula is C32H41BrN6O3. The number of aromatic hydroxyl groups is 1. The largest absolute Gasteiger partial charge is 0.508 e. The molecule has 1 saturated carbocycles. The van der Waals surface area contributed by atoms with Crippen molar-refractivity contribution >= 4 is 38.2 Å². The first-order valence-electron chi connectivity index (χ1n) is 15.5. The smallest absolute Gasteiger partial charge is 0.318 e. The van der Waals surface area contributed by atoms with Gasteiger partial charge in [-0.25, -0.2) is 0 Å². The van der Waals surface area contributed by atoms with Crippen molar-refractivity contribution in [3.63, 3.8) is 0 Å². The second kappa shape index (κ2) is 11.8. The summed E-state index contributed by atoms with van der Waals surface area (Å²) in [6.45, 7) is 11.9. The lowest BCUT2D eigenvalue weighted by atomic mass is 10.0. The van der Waals surface area contributed by atoms with Crippen molar-refractivity contribution in [1.29, 1.82) is 0 Å². The molecule has 42 heavy (non-hydrogen) atoms. The van der Waals surface area contributed by atoms with Crippen molar-refractivity contribution in [1.82, 2.24) is 20.2 Å². The molecular weight excluding hydrogens is 596 g/mol. The molecule has 2 aromatic carbocycles. The Balaban J connectivity index is 1.20. The number of benzene rings is 2. The number of morpholine rings is 1. The maximum absolute atomic E-state index is 10.6. The minimum atomic E-state index is 0.191. The predicted molar refractivity (Wildman–Crippen MR) is 169 cm³/mol. The van der Waals surface area contributed by atoms with Crippen molar-refractivity contribution in [3.8, 4) is 11.8 Å². The Kier molecular flexibility index (Phi) is 7.90. The number of piperazine rings is 1. The molecule has 0 amide bonds. The van der Waals surface area contributed by atoms with Gasteiger partial charge >= 0.3 is 6.01 Å². The quantitative estimate of drug-likeness (QED) is 0.375. The van der Waals surface area contributed by atoms with E-state index in [0.717, 1.165) is 104 Å². The first-order chi connectivity index (χ1) is 20.5. The number of fused-ring (bicyclic) bond motifs is 2. The maximum Gasteiger partial charge on any atom is 0.318 e. The van der Waals surface area contributed by atoms with E-state index < -0.39 is 0 Å². The monoisotopic (exact) mass is 636 g/mol. The highest BCUT2D eigenvalue weighted by Crippen LogP contribution is 2.47. The third-order valence-electron chi connectivity index (χ3n) is 9.47. The molecule has 0 spiro atoms. The van der Waals surface area contributed by atoms with Gasteiger partial charge in [0.25, 0.3) is 0 Å². The molecule has 4 heterocycles. The molecule has 2 saturated heterocycles. The number of hydrogen-bond acceptors (Lipinski definition) is 9. The van der Waals surface area contributed by atoms with E-state index in [2.05, 4.69) is 48.9 Å². The van der Waals surface area contributed by atoms with Crippen LogP contribution in [-0.4, -0.2) is 91.7 Å². The summed E-state index contributed by atoms with van der Waals surface area (Å²) in [7, 11) is 0. The first-order valence-corrected chi connectivity index (χ1v) is 16.3. The second-order valence-corrected chi connectivity index (χ2v) is 13.2. The van der Waals surface area contributed by atoms with Crippen LogP contribution < -0.4 is 19.9 Å². The van der Waals surface area contributed by atoms with Gasteiger partial charge in [0.2, 0.25) is 0 Å². The van der Waals surface area contributed by atoms with E-state index in [9.17, 15) is 5.11 Å². The van der Waals surface area contributed by atoms with E-state index >= 15 is 0 Å². The zero-order chi connectivity index (χ0) is 28.7. The summed E-state index contributed by atoms with van der Waals surface area (Å²) < 4.78 is 13.1. The molecule has 10 heteroatoms. The lowest BCUT2D eigenvalue weighted by Gasteiger charge is -2.39. The fraction of sp³-hybridized carbons (Fsp3) is 0.562. The fourth-order valence-corrected chi connectivity index (χ4v) is 7.46. The van der Waals surface area contributed by atoms with Crippen LogP contribution in [0.2, 0.25) is 0 Å². The second-order valence-electron chi connectivity index (χ2n) is 12.4. The van der Waals surface area contributed by atoms with Crippen LogP contribution >= 0.6 is 15.9 Å². The molecule has 7 rings (SSSR count). The van der Waals surface area contributed by atoms with Gasteiger partial charge in [-0.1, -0.05) is 35.0 Å². The number of anilines is 2. The Morgan fingerprint density at radius 1 is 1.14 bits per heavy atom. The van der Waals surface area contributed by atoms with Crippen LogP contribution in [0.5, 0.6) is 11.8 Å².